The Kier molecular flexibility index (Phi) is 16.9. The minimum absolute atomic E-state index is 0.0470. The number of fused-ring (bicyclic) bond motifs is 1. The first kappa shape index (κ1) is 63.4. The predicted octanol–water partition coefficient (Wildman–Crippen LogP) is 16.3. The second-order valence-electron chi connectivity index (χ2n) is 18.7. The van der Waals surface area contributed by atoms with Crippen molar-refractivity contribution in [1.29, 1.82) is 0 Å². The molecule has 8 aromatic rings. The van der Waals surface area contributed by atoms with E-state index in [1.165, 1.54) is 5.56 Å². The number of hydrogen-bond donors (Lipinski definition) is 0. The summed E-state index contributed by atoms with van der Waals surface area (Å²) in [5, 5.41) is 1.06. The molecular formula is C56H32BF24NO2. The minimum Gasteiger partial charge on any atom is -0.405 e. The van der Waals surface area contributed by atoms with Crippen LogP contribution in [0.1, 0.15) is 60.4 Å². The summed E-state index contributed by atoms with van der Waals surface area (Å²) in [5.74, 6) is 1.43. The highest BCUT2D eigenvalue weighted by atomic mass is 19.4. The van der Waals surface area contributed by atoms with Crippen molar-refractivity contribution in [3.8, 4) is 11.6 Å². The molecule has 0 radical (unpaired) electrons. The van der Waals surface area contributed by atoms with Gasteiger partial charge in [-0.25, -0.2) is 0 Å². The van der Waals surface area contributed by atoms with Gasteiger partial charge in [-0.15, -0.1) is 0 Å². The van der Waals surface area contributed by atoms with Gasteiger partial charge in [-0.2, -0.15) is 132 Å². The first-order valence-electron chi connectivity index (χ1n) is 23.6. The number of carbonyl (C=O) groups excluding carboxylic acids is 1. The van der Waals surface area contributed by atoms with Crippen molar-refractivity contribution in [2.75, 3.05) is 0 Å². The van der Waals surface area contributed by atoms with Gasteiger partial charge in [0, 0.05) is 17.0 Å². The fraction of sp³-hybridized carbons (Fsp3) is 0.179. The number of carbonyl (C=O) groups is 1. The lowest BCUT2D eigenvalue weighted by atomic mass is 9.12. The molecule has 0 amide bonds. The highest BCUT2D eigenvalue weighted by molar-refractivity contribution is 7.20. The maximum atomic E-state index is 14.2. The largest absolute Gasteiger partial charge is 0.416 e. The Bertz CT molecular complexity index is 3270. The SMILES string of the molecule is Cc1ccc(Oc2ccc3ccccc3[n+]2CC(=O)c2ccccc2)cc1.FC(F)(F)c1cc([B-](c2cc(C(F)(F)F)cc(C(F)(F)F)c2)(c2cc(C(F)(F)F)cc(C(F)(F)F)c2)c2cc(C(F)(F)F)cc(C(F)(F)F)c2)cc(C(F)(F)F)c1. The molecule has 7 aromatic carbocycles. The fourth-order valence-corrected chi connectivity index (χ4v) is 9.15. The molecule has 0 spiro atoms. The van der Waals surface area contributed by atoms with Gasteiger partial charge in [-0.1, -0.05) is 109 Å². The first-order valence-corrected chi connectivity index (χ1v) is 23.6. The van der Waals surface area contributed by atoms with E-state index in [2.05, 4.69) is 0 Å². The van der Waals surface area contributed by atoms with Crippen LogP contribution in [0.4, 0.5) is 105 Å². The van der Waals surface area contributed by atoms with Gasteiger partial charge in [0.05, 0.1) is 50.6 Å². The number of aromatic nitrogens is 1. The van der Waals surface area contributed by atoms with Crippen molar-refractivity contribution in [2.24, 2.45) is 0 Å². The van der Waals surface area contributed by atoms with E-state index in [0.29, 0.717) is 11.4 Å². The van der Waals surface area contributed by atoms with Crippen LogP contribution in [0.25, 0.3) is 10.9 Å². The summed E-state index contributed by atoms with van der Waals surface area (Å²) in [5.41, 5.74) is -27.4. The third-order valence-electron chi connectivity index (χ3n) is 13.0. The van der Waals surface area contributed by atoms with E-state index >= 15 is 0 Å². The number of aryl methyl sites for hydroxylation is 1. The van der Waals surface area contributed by atoms with Crippen molar-refractivity contribution >= 4 is 44.7 Å². The molecule has 0 bridgehead atoms. The van der Waals surface area contributed by atoms with E-state index in [1.807, 2.05) is 102 Å². The van der Waals surface area contributed by atoms with Crippen LogP contribution in [-0.2, 0) is 56.0 Å². The minimum atomic E-state index is -6.13. The molecule has 1 aromatic heterocycles. The summed E-state index contributed by atoms with van der Waals surface area (Å²) in [7, 11) is 0. The van der Waals surface area contributed by atoms with E-state index in [0.717, 1.165) is 16.7 Å². The van der Waals surface area contributed by atoms with Gasteiger partial charge in [-0.3, -0.25) is 4.79 Å². The number of benzene rings is 7. The standard InChI is InChI=1S/C32H12BF24.C24H20NO2/c34-25(35,36)13-1-14(26(37,38)39)6-21(5-13)33(22-7-15(27(40,41)42)2-16(8-22)28(43,44)45,23-9-17(29(46,47)48)3-18(10-23)30(49,50)51)24-11-19(31(52,53)54)4-20(12-24)32(55,56)57;1-18-11-14-21(15-12-18)27-24-16-13-19-7-5-6-10-22(19)25(24)17-23(26)20-8-3-2-4-9-20/h1-12H;2-16H,17H2,1H3/q-1;+1. The molecule has 444 valence electrons. The Morgan fingerprint density at radius 3 is 0.976 bits per heavy atom. The lowest BCUT2D eigenvalue weighted by Gasteiger charge is -2.46. The lowest BCUT2D eigenvalue weighted by Crippen LogP contribution is -2.75. The quantitative estimate of drug-likeness (QED) is 0.0624. The average molecular weight is 1220 g/mol. The van der Waals surface area contributed by atoms with Gasteiger partial charge in [-0.05, 0) is 55.5 Å². The van der Waals surface area contributed by atoms with E-state index < -0.39 is 195 Å². The molecule has 0 unspecified atom stereocenters. The predicted molar refractivity (Wildman–Crippen MR) is 256 cm³/mol. The molecule has 0 saturated heterocycles. The van der Waals surface area contributed by atoms with Crippen LogP contribution in [0, 0.1) is 6.92 Å². The van der Waals surface area contributed by atoms with E-state index in [1.54, 1.807) is 0 Å². The number of pyridine rings is 1. The van der Waals surface area contributed by atoms with Gasteiger partial charge in [0.2, 0.25) is 17.8 Å². The fourth-order valence-electron chi connectivity index (χ4n) is 9.15. The number of hydrogen-bond acceptors (Lipinski definition) is 2. The zero-order valence-electron chi connectivity index (χ0n) is 41.7. The van der Waals surface area contributed by atoms with Crippen LogP contribution in [-0.4, -0.2) is 11.9 Å². The van der Waals surface area contributed by atoms with Crippen molar-refractivity contribution in [1.82, 2.24) is 0 Å². The van der Waals surface area contributed by atoms with Gasteiger partial charge in [0.15, 0.2) is 0 Å². The molecule has 0 aliphatic carbocycles. The van der Waals surface area contributed by atoms with Gasteiger partial charge >= 0.3 is 55.3 Å². The number of rotatable bonds is 9. The first-order chi connectivity index (χ1) is 38.5. The second-order valence-corrected chi connectivity index (χ2v) is 18.7. The molecule has 8 rings (SSSR count). The van der Waals surface area contributed by atoms with E-state index in [9.17, 15) is 110 Å². The Hall–Kier alpha value is -8.20. The highest BCUT2D eigenvalue weighted by Gasteiger charge is 2.47. The monoisotopic (exact) mass is 1220 g/mol. The summed E-state index contributed by atoms with van der Waals surface area (Å²) in [6, 6.07) is 20.4. The molecule has 1 heterocycles. The van der Waals surface area contributed by atoms with Gasteiger partial charge in [0.1, 0.15) is 11.9 Å². The van der Waals surface area contributed by atoms with Crippen LogP contribution in [0.15, 0.2) is 164 Å². The van der Waals surface area contributed by atoms with E-state index in [4.69, 9.17) is 4.74 Å². The number of halogens is 24. The normalized spacial score (nSPS) is 13.2. The Balaban J connectivity index is 0.000000309. The Morgan fingerprint density at radius 2 is 0.667 bits per heavy atom. The molecule has 0 aliphatic heterocycles. The summed E-state index contributed by atoms with van der Waals surface area (Å²) >= 11 is 0. The summed E-state index contributed by atoms with van der Waals surface area (Å²) in [6.45, 7) is 2.26. The maximum absolute atomic E-state index is 14.2. The third kappa shape index (κ3) is 14.2. The summed E-state index contributed by atoms with van der Waals surface area (Å²) in [6.07, 6.45) is -54.8. The molecule has 0 atom stereocenters. The van der Waals surface area contributed by atoms with Crippen LogP contribution in [0.5, 0.6) is 11.6 Å². The summed E-state index contributed by atoms with van der Waals surface area (Å²) in [4.78, 5) is 12.8. The van der Waals surface area contributed by atoms with Crippen molar-refractivity contribution in [2.45, 2.75) is 62.9 Å². The molecule has 28 heteroatoms. The van der Waals surface area contributed by atoms with Gasteiger partial charge < -0.3 is 4.74 Å². The topological polar surface area (TPSA) is 30.2 Å². The third-order valence-corrected chi connectivity index (χ3v) is 13.0. The number of nitrogens with zero attached hydrogens (tertiary/aromatic N) is 1. The highest BCUT2D eigenvalue weighted by Crippen LogP contribution is 2.42. The summed E-state index contributed by atoms with van der Waals surface area (Å²) < 4.78 is 349. The average Bonchev–Trinajstić information content (AvgIpc) is 0.857. The second kappa shape index (κ2) is 22.4. The molecular weight excluding hydrogens is 1190 g/mol. The Morgan fingerprint density at radius 1 is 0.369 bits per heavy atom. The molecule has 0 N–H and O–H groups in total. The van der Waals surface area contributed by atoms with Crippen LogP contribution >= 0.6 is 0 Å². The molecule has 0 fully saturated rings. The lowest BCUT2D eigenvalue weighted by molar-refractivity contribution is -0.661. The zero-order valence-corrected chi connectivity index (χ0v) is 41.7. The number of Topliss-reactive ketones (excluding diaryl/α,β-unsaturated/α-hetero) is 1. The number of alkyl halides is 24. The molecule has 3 nitrogen and oxygen atoms in total. The van der Waals surface area contributed by atoms with Crippen molar-refractivity contribution in [3.63, 3.8) is 0 Å². The van der Waals surface area contributed by atoms with Crippen molar-refractivity contribution < 1.29 is 119 Å². The molecule has 0 saturated carbocycles. The smallest absolute Gasteiger partial charge is 0.405 e. The zero-order chi connectivity index (χ0) is 62.6. The number of para-hydroxylation sites is 1. The number of ether oxygens (including phenoxy) is 1. The molecule has 84 heavy (non-hydrogen) atoms. The van der Waals surface area contributed by atoms with Crippen LogP contribution in [0.3, 0.4) is 0 Å². The van der Waals surface area contributed by atoms with Crippen molar-refractivity contribution in [3.05, 3.63) is 219 Å². The Labute approximate surface area is 457 Å². The van der Waals surface area contributed by atoms with Crippen LogP contribution in [0.2, 0.25) is 0 Å². The van der Waals surface area contributed by atoms with Gasteiger partial charge in [0.25, 0.3) is 0 Å². The van der Waals surface area contributed by atoms with Crippen LogP contribution < -0.4 is 31.2 Å². The molecule has 0 aliphatic rings. The number of ketones is 1. The van der Waals surface area contributed by atoms with E-state index in [-0.39, 0.29) is 12.3 Å². The maximum Gasteiger partial charge on any atom is 0.416 e.